The second-order valence-corrected chi connectivity index (χ2v) is 3.94. The molecule has 0 amide bonds. The van der Waals surface area contributed by atoms with Crippen molar-refractivity contribution in [2.24, 2.45) is 7.05 Å². The molecule has 0 unspecified atom stereocenters. The van der Waals surface area contributed by atoms with Gasteiger partial charge in [-0.15, -0.1) is 0 Å². The smallest absolute Gasteiger partial charge is 0.103 e. The molecule has 0 spiro atoms. The van der Waals surface area contributed by atoms with Gasteiger partial charge in [-0.25, -0.2) is 9.97 Å². The lowest BCUT2D eigenvalue weighted by atomic mass is 10.1. The van der Waals surface area contributed by atoms with Gasteiger partial charge in [0, 0.05) is 12.6 Å². The van der Waals surface area contributed by atoms with Crippen molar-refractivity contribution in [3.05, 3.63) is 36.5 Å². The Hall–Kier alpha value is -2.10. The molecular weight excluding hydrogens is 200 g/mol. The van der Waals surface area contributed by atoms with Crippen LogP contribution in [0, 0.1) is 6.92 Å². The van der Waals surface area contributed by atoms with E-state index in [1.54, 1.807) is 0 Å². The summed E-state index contributed by atoms with van der Waals surface area (Å²) in [6.45, 7) is 1.95. The van der Waals surface area contributed by atoms with Gasteiger partial charge in [-0.3, -0.25) is 0 Å². The van der Waals surface area contributed by atoms with Gasteiger partial charge >= 0.3 is 0 Å². The summed E-state index contributed by atoms with van der Waals surface area (Å²) < 4.78 is 2.01. The zero-order valence-corrected chi connectivity index (χ0v) is 9.23. The molecule has 0 aliphatic heterocycles. The number of hydrogen-bond acceptors (Lipinski definition) is 2. The van der Waals surface area contributed by atoms with Crippen LogP contribution in [0.4, 0.5) is 0 Å². The number of nitrogens with zero attached hydrogens (tertiary/aromatic N) is 3. The number of aromatic nitrogens is 4. The summed E-state index contributed by atoms with van der Waals surface area (Å²) in [5.41, 5.74) is 4.30. The number of fused-ring (bicyclic) bond motifs is 1. The summed E-state index contributed by atoms with van der Waals surface area (Å²) in [6.07, 6.45) is 3.67. The van der Waals surface area contributed by atoms with Crippen molar-refractivity contribution in [3.8, 4) is 11.3 Å². The van der Waals surface area contributed by atoms with E-state index >= 15 is 0 Å². The predicted molar refractivity (Wildman–Crippen MR) is 63.0 cm³/mol. The van der Waals surface area contributed by atoms with Crippen LogP contribution in [0.25, 0.3) is 22.3 Å². The van der Waals surface area contributed by atoms with E-state index in [1.165, 1.54) is 0 Å². The summed E-state index contributed by atoms with van der Waals surface area (Å²) in [5.74, 6) is 0.927. The predicted octanol–water partition coefficient (Wildman–Crippen LogP) is 2.27. The van der Waals surface area contributed by atoms with E-state index in [4.69, 9.17) is 0 Å². The molecule has 1 aromatic carbocycles. The number of nitrogens with one attached hydrogen (secondary N) is 1. The van der Waals surface area contributed by atoms with Gasteiger partial charge in [0.15, 0.2) is 0 Å². The SMILES string of the molecule is Cc1ncc(-c2ccc3c(c2)ncn3C)[nH]1. The van der Waals surface area contributed by atoms with Crippen molar-refractivity contribution >= 4 is 11.0 Å². The molecular formula is C12H12N4. The monoisotopic (exact) mass is 212 g/mol. The minimum Gasteiger partial charge on any atom is -0.342 e. The Bertz CT molecular complexity index is 648. The zero-order valence-electron chi connectivity index (χ0n) is 9.23. The van der Waals surface area contributed by atoms with Gasteiger partial charge in [0.05, 0.1) is 29.3 Å². The van der Waals surface area contributed by atoms with E-state index in [9.17, 15) is 0 Å². The van der Waals surface area contributed by atoms with Gasteiger partial charge in [0.25, 0.3) is 0 Å². The van der Waals surface area contributed by atoms with Gasteiger partial charge in [0.2, 0.25) is 0 Å². The molecule has 0 saturated heterocycles. The average Bonchev–Trinajstić information content (AvgIpc) is 2.86. The molecule has 0 aliphatic carbocycles. The molecule has 4 heteroatoms. The van der Waals surface area contributed by atoms with Gasteiger partial charge < -0.3 is 9.55 Å². The van der Waals surface area contributed by atoms with Crippen LogP contribution in [0.15, 0.2) is 30.7 Å². The highest BCUT2D eigenvalue weighted by Gasteiger charge is 2.04. The summed E-state index contributed by atoms with van der Waals surface area (Å²) in [7, 11) is 2.00. The number of rotatable bonds is 1. The Morgan fingerprint density at radius 1 is 1.25 bits per heavy atom. The topological polar surface area (TPSA) is 46.5 Å². The summed E-state index contributed by atoms with van der Waals surface area (Å²) in [6, 6.07) is 6.23. The van der Waals surface area contributed by atoms with Gasteiger partial charge in [-0.05, 0) is 19.1 Å². The molecule has 0 fully saturated rings. The van der Waals surface area contributed by atoms with Crippen molar-refractivity contribution in [1.82, 2.24) is 19.5 Å². The van der Waals surface area contributed by atoms with Crippen molar-refractivity contribution in [1.29, 1.82) is 0 Å². The third kappa shape index (κ3) is 1.31. The van der Waals surface area contributed by atoms with E-state index in [-0.39, 0.29) is 0 Å². The molecule has 3 rings (SSSR count). The molecule has 2 aromatic heterocycles. The maximum atomic E-state index is 4.34. The van der Waals surface area contributed by atoms with Crippen LogP contribution >= 0.6 is 0 Å². The van der Waals surface area contributed by atoms with Crippen molar-refractivity contribution in [2.45, 2.75) is 6.92 Å². The lowest BCUT2D eigenvalue weighted by Crippen LogP contribution is -1.84. The standard InChI is InChI=1S/C12H12N4/c1-8-13-6-11(15-8)9-3-4-12-10(5-9)14-7-16(12)2/h3-7H,1-2H3,(H,13,15). The number of benzene rings is 1. The number of hydrogen-bond donors (Lipinski definition) is 1. The summed E-state index contributed by atoms with van der Waals surface area (Å²) in [5, 5.41) is 0. The first-order valence-electron chi connectivity index (χ1n) is 5.17. The van der Waals surface area contributed by atoms with E-state index in [0.29, 0.717) is 0 Å². The molecule has 80 valence electrons. The molecule has 16 heavy (non-hydrogen) atoms. The largest absolute Gasteiger partial charge is 0.342 e. The van der Waals surface area contributed by atoms with Gasteiger partial charge in [-0.1, -0.05) is 6.07 Å². The van der Waals surface area contributed by atoms with Crippen LogP contribution in [0.2, 0.25) is 0 Å². The molecule has 0 radical (unpaired) electrons. The van der Waals surface area contributed by atoms with Gasteiger partial charge in [-0.2, -0.15) is 0 Å². The lowest BCUT2D eigenvalue weighted by Gasteiger charge is -1.98. The minimum absolute atomic E-state index is 0.927. The third-order valence-corrected chi connectivity index (χ3v) is 2.74. The maximum absolute atomic E-state index is 4.34. The first-order valence-corrected chi connectivity index (χ1v) is 5.17. The lowest BCUT2D eigenvalue weighted by molar-refractivity contribution is 0.948. The van der Waals surface area contributed by atoms with E-state index in [2.05, 4.69) is 33.2 Å². The fraction of sp³-hybridized carbons (Fsp3) is 0.167. The summed E-state index contributed by atoms with van der Waals surface area (Å²) in [4.78, 5) is 11.8. The fourth-order valence-electron chi connectivity index (χ4n) is 1.87. The van der Waals surface area contributed by atoms with E-state index < -0.39 is 0 Å². The number of aromatic amines is 1. The highest BCUT2D eigenvalue weighted by atomic mass is 15.0. The Morgan fingerprint density at radius 3 is 2.88 bits per heavy atom. The molecule has 0 aliphatic rings. The molecule has 0 bridgehead atoms. The normalized spacial score (nSPS) is 11.1. The second-order valence-electron chi connectivity index (χ2n) is 3.94. The molecule has 0 atom stereocenters. The molecule has 4 nitrogen and oxygen atoms in total. The number of aryl methyl sites for hydroxylation is 2. The maximum Gasteiger partial charge on any atom is 0.103 e. The van der Waals surface area contributed by atoms with Crippen LogP contribution in [-0.2, 0) is 7.05 Å². The number of H-pyrrole nitrogens is 1. The van der Waals surface area contributed by atoms with Crippen molar-refractivity contribution < 1.29 is 0 Å². The second kappa shape index (κ2) is 3.20. The first kappa shape index (κ1) is 9.15. The Morgan fingerprint density at radius 2 is 2.12 bits per heavy atom. The van der Waals surface area contributed by atoms with Crippen molar-refractivity contribution in [2.75, 3.05) is 0 Å². The molecule has 3 aromatic rings. The van der Waals surface area contributed by atoms with Gasteiger partial charge in [0.1, 0.15) is 5.82 Å². The fourth-order valence-corrected chi connectivity index (χ4v) is 1.87. The van der Waals surface area contributed by atoms with Crippen LogP contribution in [-0.4, -0.2) is 19.5 Å². The molecule has 2 heterocycles. The van der Waals surface area contributed by atoms with Crippen LogP contribution in [0.3, 0.4) is 0 Å². The first-order chi connectivity index (χ1) is 7.74. The minimum atomic E-state index is 0.927. The van der Waals surface area contributed by atoms with E-state index in [0.717, 1.165) is 28.1 Å². The van der Waals surface area contributed by atoms with E-state index in [1.807, 2.05) is 31.1 Å². The van der Waals surface area contributed by atoms with Crippen LogP contribution in [0.5, 0.6) is 0 Å². The van der Waals surface area contributed by atoms with Crippen LogP contribution in [0.1, 0.15) is 5.82 Å². The zero-order chi connectivity index (χ0) is 11.1. The highest BCUT2D eigenvalue weighted by Crippen LogP contribution is 2.21. The number of imidazole rings is 2. The molecule has 0 saturated carbocycles. The Balaban J connectivity index is 2.18. The van der Waals surface area contributed by atoms with Crippen LogP contribution < -0.4 is 0 Å². The Labute approximate surface area is 93.0 Å². The highest BCUT2D eigenvalue weighted by molar-refractivity contribution is 5.81. The Kier molecular flexibility index (Phi) is 1.83. The summed E-state index contributed by atoms with van der Waals surface area (Å²) >= 11 is 0. The van der Waals surface area contributed by atoms with Crippen molar-refractivity contribution in [3.63, 3.8) is 0 Å². The quantitative estimate of drug-likeness (QED) is 0.672. The average molecular weight is 212 g/mol. The third-order valence-electron chi connectivity index (χ3n) is 2.74. The molecule has 1 N–H and O–H groups in total.